The van der Waals surface area contributed by atoms with Gasteiger partial charge in [-0.25, -0.2) is 5.10 Å². The van der Waals surface area contributed by atoms with Crippen molar-refractivity contribution in [1.82, 2.24) is 15.5 Å². The van der Waals surface area contributed by atoms with Crippen molar-refractivity contribution in [3.05, 3.63) is 51.9 Å². The van der Waals surface area contributed by atoms with Crippen LogP contribution >= 0.6 is 24.8 Å². The van der Waals surface area contributed by atoms with Gasteiger partial charge in [-0.2, -0.15) is 5.10 Å². The molecule has 3 rings (SSSR count). The van der Waals surface area contributed by atoms with Gasteiger partial charge in [-0.1, -0.05) is 18.2 Å². The van der Waals surface area contributed by atoms with Crippen LogP contribution in [0, 0.1) is 0 Å². The first-order chi connectivity index (χ1) is 11.7. The fraction of sp³-hybridized carbons (Fsp3) is 0.353. The molecule has 142 valence electrons. The van der Waals surface area contributed by atoms with Crippen LogP contribution in [0.15, 0.2) is 35.1 Å². The predicted octanol–water partition coefficient (Wildman–Crippen LogP) is 1.74. The van der Waals surface area contributed by atoms with E-state index in [1.165, 1.54) is 0 Å². The zero-order valence-electron chi connectivity index (χ0n) is 14.2. The van der Waals surface area contributed by atoms with E-state index in [4.69, 9.17) is 0 Å². The van der Waals surface area contributed by atoms with E-state index in [1.54, 1.807) is 0 Å². The van der Waals surface area contributed by atoms with E-state index in [0.717, 1.165) is 30.8 Å². The minimum Gasteiger partial charge on any atom is -0.383 e. The van der Waals surface area contributed by atoms with Gasteiger partial charge in [-0.05, 0) is 25.0 Å². The Bertz CT molecular complexity index is 767. The smallest absolute Gasteiger partial charge is 0.269 e. The third-order valence-corrected chi connectivity index (χ3v) is 3.94. The molecule has 0 saturated carbocycles. The molecule has 0 aliphatic carbocycles. The first-order valence-corrected chi connectivity index (χ1v) is 8.14. The van der Waals surface area contributed by atoms with Crippen molar-refractivity contribution in [3.63, 3.8) is 0 Å². The molecule has 0 radical (unpaired) electrons. The van der Waals surface area contributed by atoms with Gasteiger partial charge in [0.1, 0.15) is 0 Å². The Kier molecular flexibility index (Phi) is 8.95. The molecule has 7 nitrogen and oxygen atoms in total. The average molecular weight is 400 g/mol. The second-order valence-electron chi connectivity index (χ2n) is 5.70. The van der Waals surface area contributed by atoms with E-state index >= 15 is 0 Å². The largest absolute Gasteiger partial charge is 0.383 e. The number of aromatic nitrogens is 2. The Morgan fingerprint density at radius 3 is 2.69 bits per heavy atom. The number of hydrogen-bond donors (Lipinski definition) is 4. The van der Waals surface area contributed by atoms with Crippen LogP contribution in [0.3, 0.4) is 0 Å². The molecule has 1 aliphatic heterocycles. The summed E-state index contributed by atoms with van der Waals surface area (Å²) >= 11 is 0. The first kappa shape index (κ1) is 21.8. The minimum atomic E-state index is -0.173. The number of para-hydroxylation sites is 1. The second-order valence-corrected chi connectivity index (χ2v) is 5.70. The number of hydrogen-bond acceptors (Lipinski definition) is 5. The molecule has 9 heteroatoms. The number of benzene rings is 1. The molecule has 0 fully saturated rings. The van der Waals surface area contributed by atoms with Crippen LogP contribution in [0.1, 0.15) is 17.7 Å². The van der Waals surface area contributed by atoms with E-state index in [0.29, 0.717) is 24.3 Å². The lowest BCUT2D eigenvalue weighted by Crippen LogP contribution is -2.32. The SMILES string of the molecule is Cl.Cl.O=C(Cc1n[nH]c(=O)c2c1NCCC2)NCCNc1ccccc1. The maximum absolute atomic E-state index is 12.1. The summed E-state index contributed by atoms with van der Waals surface area (Å²) in [5.74, 6) is -0.112. The number of rotatable bonds is 6. The summed E-state index contributed by atoms with van der Waals surface area (Å²) in [6, 6.07) is 9.82. The van der Waals surface area contributed by atoms with Crippen LogP contribution in [0.2, 0.25) is 0 Å². The summed E-state index contributed by atoms with van der Waals surface area (Å²) < 4.78 is 0. The van der Waals surface area contributed by atoms with E-state index in [2.05, 4.69) is 26.1 Å². The molecule has 4 N–H and O–H groups in total. The number of carbonyl (C=O) groups is 1. The van der Waals surface area contributed by atoms with Crippen LogP contribution in [0.5, 0.6) is 0 Å². The number of halogens is 2. The molecule has 0 bridgehead atoms. The van der Waals surface area contributed by atoms with Crippen molar-refractivity contribution in [1.29, 1.82) is 0 Å². The van der Waals surface area contributed by atoms with Crippen molar-refractivity contribution >= 4 is 42.1 Å². The van der Waals surface area contributed by atoms with Gasteiger partial charge in [0.2, 0.25) is 5.91 Å². The number of carbonyl (C=O) groups excluding carboxylic acids is 1. The highest BCUT2D eigenvalue weighted by molar-refractivity contribution is 5.85. The van der Waals surface area contributed by atoms with Crippen LogP contribution < -0.4 is 21.5 Å². The third-order valence-electron chi connectivity index (χ3n) is 3.94. The number of anilines is 2. The van der Waals surface area contributed by atoms with Crippen molar-refractivity contribution in [3.8, 4) is 0 Å². The van der Waals surface area contributed by atoms with Crippen LogP contribution in [0.4, 0.5) is 11.4 Å². The Balaban J connectivity index is 0.00000169. The zero-order valence-corrected chi connectivity index (χ0v) is 15.8. The van der Waals surface area contributed by atoms with Gasteiger partial charge in [0, 0.05) is 30.9 Å². The molecule has 1 aromatic heterocycles. The van der Waals surface area contributed by atoms with E-state index in [-0.39, 0.29) is 42.7 Å². The topological polar surface area (TPSA) is 98.9 Å². The number of amides is 1. The molecule has 1 aromatic carbocycles. The van der Waals surface area contributed by atoms with Crippen molar-refractivity contribution in [2.24, 2.45) is 0 Å². The number of aromatic amines is 1. The van der Waals surface area contributed by atoms with Gasteiger partial charge >= 0.3 is 0 Å². The van der Waals surface area contributed by atoms with Gasteiger partial charge < -0.3 is 16.0 Å². The van der Waals surface area contributed by atoms with Crippen molar-refractivity contribution < 1.29 is 4.79 Å². The van der Waals surface area contributed by atoms with Gasteiger partial charge in [0.25, 0.3) is 5.56 Å². The maximum atomic E-state index is 12.1. The quantitative estimate of drug-likeness (QED) is 0.554. The summed E-state index contributed by atoms with van der Waals surface area (Å²) in [4.78, 5) is 23.9. The normalized spacial score (nSPS) is 11.8. The van der Waals surface area contributed by atoms with Crippen LogP contribution in [-0.2, 0) is 17.6 Å². The van der Waals surface area contributed by atoms with E-state index < -0.39 is 0 Å². The van der Waals surface area contributed by atoms with E-state index in [9.17, 15) is 9.59 Å². The molecular weight excluding hydrogens is 377 g/mol. The first-order valence-electron chi connectivity index (χ1n) is 8.14. The monoisotopic (exact) mass is 399 g/mol. The fourth-order valence-corrected chi connectivity index (χ4v) is 2.76. The average Bonchev–Trinajstić information content (AvgIpc) is 2.62. The predicted molar refractivity (Wildman–Crippen MR) is 108 cm³/mol. The lowest BCUT2D eigenvalue weighted by molar-refractivity contribution is -0.120. The van der Waals surface area contributed by atoms with Gasteiger partial charge in [0.15, 0.2) is 0 Å². The summed E-state index contributed by atoms with van der Waals surface area (Å²) in [5, 5.41) is 15.8. The minimum absolute atomic E-state index is 0. The molecule has 0 saturated heterocycles. The molecule has 0 unspecified atom stereocenters. The maximum Gasteiger partial charge on any atom is 0.269 e. The zero-order chi connectivity index (χ0) is 16.8. The summed E-state index contributed by atoms with van der Waals surface area (Å²) in [5.41, 5.74) is 2.87. The Morgan fingerprint density at radius 2 is 1.92 bits per heavy atom. The molecule has 1 aliphatic rings. The Labute approximate surface area is 164 Å². The molecule has 26 heavy (non-hydrogen) atoms. The van der Waals surface area contributed by atoms with Crippen LogP contribution in [-0.4, -0.2) is 35.7 Å². The van der Waals surface area contributed by atoms with E-state index in [1.807, 2.05) is 30.3 Å². The number of fused-ring (bicyclic) bond motifs is 1. The van der Waals surface area contributed by atoms with Gasteiger partial charge in [0.05, 0.1) is 17.8 Å². The fourth-order valence-electron chi connectivity index (χ4n) is 2.76. The highest BCUT2D eigenvalue weighted by Crippen LogP contribution is 2.21. The Hall–Kier alpha value is -2.25. The summed E-state index contributed by atoms with van der Waals surface area (Å²) in [6.07, 6.45) is 1.78. The van der Waals surface area contributed by atoms with Crippen molar-refractivity contribution in [2.75, 3.05) is 30.3 Å². The second kappa shape index (κ2) is 10.7. The highest BCUT2D eigenvalue weighted by atomic mass is 35.5. The molecule has 0 spiro atoms. The number of H-pyrrole nitrogens is 1. The molecule has 1 amide bonds. The lowest BCUT2D eigenvalue weighted by atomic mass is 10.0. The van der Waals surface area contributed by atoms with Gasteiger partial charge in [-0.3, -0.25) is 9.59 Å². The van der Waals surface area contributed by atoms with Crippen LogP contribution in [0.25, 0.3) is 0 Å². The summed E-state index contributed by atoms with van der Waals surface area (Å²) in [7, 11) is 0. The number of nitrogens with zero attached hydrogens (tertiary/aromatic N) is 1. The summed E-state index contributed by atoms with van der Waals surface area (Å²) in [6.45, 7) is 1.96. The molecule has 2 aromatic rings. The molecular formula is C17H23Cl2N5O2. The standard InChI is InChI=1S/C17H21N5O2.2ClH/c23-15(19-10-9-18-12-5-2-1-3-6-12)11-14-16-13(7-4-8-20-16)17(24)22-21-14;;/h1-3,5-6,18,20H,4,7-11H2,(H,19,23)(H,22,24);2*1H. The highest BCUT2D eigenvalue weighted by Gasteiger charge is 2.19. The Morgan fingerprint density at radius 1 is 1.15 bits per heavy atom. The lowest BCUT2D eigenvalue weighted by Gasteiger charge is -2.19. The van der Waals surface area contributed by atoms with Crippen molar-refractivity contribution in [2.45, 2.75) is 19.3 Å². The van der Waals surface area contributed by atoms with Gasteiger partial charge in [-0.15, -0.1) is 24.8 Å². The molecule has 0 atom stereocenters. The number of nitrogens with one attached hydrogen (secondary N) is 4. The third kappa shape index (κ3) is 5.64. The molecule has 2 heterocycles.